The molecular weight excluding hydrogens is 310 g/mol. The van der Waals surface area contributed by atoms with Crippen LogP contribution in [0.25, 0.3) is 0 Å². The maximum absolute atomic E-state index is 12.1. The molecule has 0 N–H and O–H groups in total. The van der Waals surface area contributed by atoms with E-state index in [-0.39, 0.29) is 35.6 Å². The largest absolute Gasteiger partial charge is 0.469 e. The quantitative estimate of drug-likeness (QED) is 0.550. The van der Waals surface area contributed by atoms with E-state index in [0.717, 1.165) is 4.90 Å². The van der Waals surface area contributed by atoms with Gasteiger partial charge in [-0.05, 0) is 12.1 Å². The summed E-state index contributed by atoms with van der Waals surface area (Å²) in [5, 5.41) is 0. The summed E-state index contributed by atoms with van der Waals surface area (Å²) in [6.45, 7) is -0.226. The molecule has 1 aromatic carbocycles. The van der Waals surface area contributed by atoms with E-state index < -0.39 is 27.6 Å². The van der Waals surface area contributed by atoms with Crippen LogP contribution in [0.4, 0.5) is 0 Å². The highest BCUT2D eigenvalue weighted by molar-refractivity contribution is 7.91. The molecule has 2 rings (SSSR count). The molecule has 0 aromatic heterocycles. The van der Waals surface area contributed by atoms with Crippen LogP contribution in [0.1, 0.15) is 27.1 Å². The van der Waals surface area contributed by atoms with E-state index in [1.165, 1.54) is 19.2 Å². The molecule has 22 heavy (non-hydrogen) atoms. The Labute approximate surface area is 127 Å². The summed E-state index contributed by atoms with van der Waals surface area (Å²) in [5.41, 5.74) is 0.555. The fourth-order valence-corrected chi connectivity index (χ4v) is 3.26. The number of hydrogen-bond donors (Lipinski definition) is 0. The third-order valence-corrected chi connectivity index (χ3v) is 4.98. The van der Waals surface area contributed by atoms with Crippen molar-refractivity contribution in [3.05, 3.63) is 35.4 Å². The Balaban J connectivity index is 2.00. The normalized spacial score (nSPS) is 14.1. The summed E-state index contributed by atoms with van der Waals surface area (Å²) in [6.07, 6.45) is -0.249. The van der Waals surface area contributed by atoms with Crippen LogP contribution in [-0.4, -0.2) is 56.3 Å². The number of carbonyl (C=O) groups is 3. The van der Waals surface area contributed by atoms with Gasteiger partial charge in [-0.25, -0.2) is 8.42 Å². The summed E-state index contributed by atoms with van der Waals surface area (Å²) < 4.78 is 28.1. The van der Waals surface area contributed by atoms with E-state index in [1.54, 1.807) is 12.1 Å². The highest BCUT2D eigenvalue weighted by atomic mass is 32.2. The van der Waals surface area contributed by atoms with Gasteiger partial charge in [0.15, 0.2) is 9.84 Å². The van der Waals surface area contributed by atoms with Gasteiger partial charge in [0.05, 0.1) is 36.2 Å². The molecule has 8 heteroatoms. The number of ether oxygens (including phenoxy) is 1. The number of esters is 1. The van der Waals surface area contributed by atoms with Crippen LogP contribution in [0.5, 0.6) is 0 Å². The second-order valence-corrected chi connectivity index (χ2v) is 7.09. The number of benzene rings is 1. The lowest BCUT2D eigenvalue weighted by atomic mass is 10.1. The first-order valence-corrected chi connectivity index (χ1v) is 8.40. The number of carbonyl (C=O) groups excluding carboxylic acids is 3. The van der Waals surface area contributed by atoms with E-state index in [4.69, 9.17) is 0 Å². The number of hydrogen-bond acceptors (Lipinski definition) is 6. The van der Waals surface area contributed by atoms with Gasteiger partial charge in [0, 0.05) is 6.54 Å². The maximum Gasteiger partial charge on any atom is 0.306 e. The van der Waals surface area contributed by atoms with E-state index in [9.17, 15) is 22.8 Å². The van der Waals surface area contributed by atoms with Gasteiger partial charge in [-0.3, -0.25) is 19.3 Å². The number of fused-ring (bicyclic) bond motifs is 1. The Hall–Kier alpha value is -2.22. The lowest BCUT2D eigenvalue weighted by Crippen LogP contribution is -2.35. The van der Waals surface area contributed by atoms with E-state index >= 15 is 0 Å². The van der Waals surface area contributed by atoms with Gasteiger partial charge in [0.25, 0.3) is 11.8 Å². The van der Waals surface area contributed by atoms with E-state index in [1.807, 2.05) is 0 Å². The average molecular weight is 325 g/mol. The minimum absolute atomic E-state index is 0.226. The van der Waals surface area contributed by atoms with Crippen LogP contribution in [0, 0.1) is 0 Å². The van der Waals surface area contributed by atoms with Gasteiger partial charge in [-0.15, -0.1) is 0 Å². The molecule has 1 aliphatic rings. The van der Waals surface area contributed by atoms with Crippen LogP contribution in [0.15, 0.2) is 24.3 Å². The smallest absolute Gasteiger partial charge is 0.306 e. The zero-order chi connectivity index (χ0) is 16.3. The number of methoxy groups -OCH3 is 1. The Morgan fingerprint density at radius 3 is 2.14 bits per heavy atom. The third-order valence-electron chi connectivity index (χ3n) is 3.35. The molecule has 0 radical (unpaired) electrons. The molecule has 0 bridgehead atoms. The molecule has 1 heterocycles. The number of rotatable bonds is 6. The van der Waals surface area contributed by atoms with Crippen molar-refractivity contribution in [1.29, 1.82) is 0 Å². The molecule has 7 nitrogen and oxygen atoms in total. The van der Waals surface area contributed by atoms with Crippen molar-refractivity contribution in [2.24, 2.45) is 0 Å². The number of nitrogens with zero attached hydrogens (tertiary/aromatic N) is 1. The standard InChI is InChI=1S/C14H15NO6S/c1-21-12(16)6-8-22(19,20)9-7-15-13(17)10-4-2-3-5-11(10)14(15)18/h2-5H,6-9H2,1H3. The topological polar surface area (TPSA) is 97.8 Å². The van der Waals surface area contributed by atoms with Crippen molar-refractivity contribution in [3.8, 4) is 0 Å². The molecule has 0 aliphatic carbocycles. The molecule has 118 valence electrons. The minimum Gasteiger partial charge on any atom is -0.469 e. The van der Waals surface area contributed by atoms with Crippen molar-refractivity contribution < 1.29 is 27.5 Å². The monoisotopic (exact) mass is 325 g/mol. The first-order chi connectivity index (χ1) is 10.4. The number of imide groups is 1. The first kappa shape index (κ1) is 16.2. The van der Waals surface area contributed by atoms with Gasteiger partial charge < -0.3 is 4.74 Å². The van der Waals surface area contributed by atoms with Crippen molar-refractivity contribution >= 4 is 27.6 Å². The Bertz CT molecular complexity index is 690. The Morgan fingerprint density at radius 2 is 1.64 bits per heavy atom. The second-order valence-electron chi connectivity index (χ2n) is 4.79. The van der Waals surface area contributed by atoms with Crippen LogP contribution in [-0.2, 0) is 19.4 Å². The predicted molar refractivity (Wildman–Crippen MR) is 77.1 cm³/mol. The average Bonchev–Trinajstić information content (AvgIpc) is 2.75. The van der Waals surface area contributed by atoms with Gasteiger partial charge in [0.2, 0.25) is 0 Å². The molecule has 0 fully saturated rings. The molecular formula is C14H15NO6S. The molecule has 0 saturated carbocycles. The van der Waals surface area contributed by atoms with Gasteiger partial charge >= 0.3 is 5.97 Å². The molecule has 0 spiro atoms. The SMILES string of the molecule is COC(=O)CCS(=O)(=O)CCN1C(=O)c2ccccc2C1=O. The van der Waals surface area contributed by atoms with E-state index in [0.29, 0.717) is 0 Å². The number of sulfone groups is 1. The lowest BCUT2D eigenvalue weighted by Gasteiger charge is -2.13. The summed E-state index contributed by atoms with van der Waals surface area (Å²) in [7, 11) is -2.38. The van der Waals surface area contributed by atoms with Gasteiger partial charge in [-0.1, -0.05) is 12.1 Å². The van der Waals surface area contributed by atoms with Crippen molar-refractivity contribution in [3.63, 3.8) is 0 Å². The zero-order valence-electron chi connectivity index (χ0n) is 11.9. The Morgan fingerprint density at radius 1 is 1.09 bits per heavy atom. The van der Waals surface area contributed by atoms with Crippen molar-refractivity contribution in [1.82, 2.24) is 4.90 Å². The van der Waals surface area contributed by atoms with Crippen LogP contribution >= 0.6 is 0 Å². The fraction of sp³-hybridized carbons (Fsp3) is 0.357. The van der Waals surface area contributed by atoms with Gasteiger partial charge in [0.1, 0.15) is 0 Å². The van der Waals surface area contributed by atoms with Crippen LogP contribution in [0.2, 0.25) is 0 Å². The van der Waals surface area contributed by atoms with Crippen molar-refractivity contribution in [2.75, 3.05) is 25.2 Å². The summed E-state index contributed by atoms with van der Waals surface area (Å²) in [6, 6.07) is 6.34. The molecule has 1 aliphatic heterocycles. The summed E-state index contributed by atoms with van der Waals surface area (Å²) in [4.78, 5) is 36.0. The zero-order valence-corrected chi connectivity index (χ0v) is 12.8. The number of amides is 2. The highest BCUT2D eigenvalue weighted by Gasteiger charge is 2.35. The molecule has 0 atom stereocenters. The molecule has 0 unspecified atom stereocenters. The minimum atomic E-state index is -3.56. The highest BCUT2D eigenvalue weighted by Crippen LogP contribution is 2.22. The third kappa shape index (κ3) is 3.33. The van der Waals surface area contributed by atoms with E-state index in [2.05, 4.69) is 4.74 Å². The fourth-order valence-electron chi connectivity index (χ4n) is 2.12. The first-order valence-electron chi connectivity index (χ1n) is 6.58. The Kier molecular flexibility index (Phi) is 4.60. The van der Waals surface area contributed by atoms with Crippen molar-refractivity contribution in [2.45, 2.75) is 6.42 Å². The predicted octanol–water partition coefficient (Wildman–Crippen LogP) is 0.260. The van der Waals surface area contributed by atoms with Crippen LogP contribution in [0.3, 0.4) is 0 Å². The summed E-state index contributed by atoms with van der Waals surface area (Å²) >= 11 is 0. The lowest BCUT2D eigenvalue weighted by molar-refractivity contribution is -0.140. The molecule has 1 aromatic rings. The van der Waals surface area contributed by atoms with Crippen LogP contribution < -0.4 is 0 Å². The maximum atomic E-state index is 12.1. The molecule has 2 amide bonds. The summed E-state index contributed by atoms with van der Waals surface area (Å²) in [5.74, 6) is -2.37. The second kappa shape index (κ2) is 6.27. The van der Waals surface area contributed by atoms with Gasteiger partial charge in [-0.2, -0.15) is 0 Å². The molecule has 0 saturated heterocycles.